The van der Waals surface area contributed by atoms with E-state index in [1.807, 2.05) is 0 Å². The van der Waals surface area contributed by atoms with E-state index in [9.17, 15) is 32.9 Å². The fraction of sp³-hybridized carbons (Fsp3) is 0.235. The number of carbonyl (C=O) groups is 1. The molecule has 0 amide bonds. The van der Waals surface area contributed by atoms with Crippen molar-refractivity contribution in [3.05, 3.63) is 48.3 Å². The zero-order valence-corrected chi connectivity index (χ0v) is 16.1. The number of nitrogen functional groups attached to an aromatic ring is 1. The number of hydrogen-bond acceptors (Lipinski definition) is 10. The number of fused-ring (bicyclic) bond motifs is 1. The van der Waals surface area contributed by atoms with Crippen LogP contribution in [0.3, 0.4) is 0 Å². The Morgan fingerprint density at radius 1 is 1.19 bits per heavy atom. The van der Waals surface area contributed by atoms with E-state index in [0.717, 1.165) is 41.5 Å². The number of halogens is 1. The molecule has 162 valence electrons. The van der Waals surface area contributed by atoms with Crippen molar-refractivity contribution in [2.24, 2.45) is 0 Å². The third-order valence-corrected chi connectivity index (χ3v) is 5.48. The molecule has 0 aliphatic carbocycles. The summed E-state index contributed by atoms with van der Waals surface area (Å²) in [6, 6.07) is 4.18. The van der Waals surface area contributed by atoms with Gasteiger partial charge in [-0.3, -0.25) is 9.36 Å². The van der Waals surface area contributed by atoms with E-state index in [1.54, 1.807) is 0 Å². The number of Topliss-reactive ketones (excluding diaryl/α,β-unsaturated/α-hetero) is 1. The molecule has 1 aliphatic rings. The number of carbonyl (C=O) groups excluding carboxylic acids is 1. The normalized spacial score (nSPS) is 25.6. The molecule has 3 heterocycles. The zero-order chi connectivity index (χ0) is 22.5. The van der Waals surface area contributed by atoms with Gasteiger partial charge in [0.15, 0.2) is 17.6 Å². The van der Waals surface area contributed by atoms with Gasteiger partial charge in [0.25, 0.3) is 0 Å². The molecule has 0 saturated carbocycles. The summed E-state index contributed by atoms with van der Waals surface area (Å²) in [5.41, 5.74) is 3.02. The second-order valence-corrected chi connectivity index (χ2v) is 7.51. The predicted molar refractivity (Wildman–Crippen MR) is 102 cm³/mol. The minimum Gasteiger partial charge on any atom is -0.387 e. The number of ether oxygens (including phenoxy) is 1. The van der Waals surface area contributed by atoms with Crippen molar-refractivity contribution >= 4 is 38.1 Å². The zero-order valence-electron chi connectivity index (χ0n) is 15.3. The minimum absolute atomic E-state index is 0.0307. The summed E-state index contributed by atoms with van der Waals surface area (Å²) in [5, 5.41) is 29.9. The summed E-state index contributed by atoms with van der Waals surface area (Å²) in [5.74, 6) is -1.70. The van der Waals surface area contributed by atoms with Crippen LogP contribution in [0.2, 0.25) is 0 Å². The summed E-state index contributed by atoms with van der Waals surface area (Å²) in [6.07, 6.45) is -4.05. The highest BCUT2D eigenvalue weighted by Crippen LogP contribution is 2.40. The molecular formula is C17H14FN5O7S. The highest BCUT2D eigenvalue weighted by Gasteiger charge is 2.62. The number of rotatable bonds is 4. The van der Waals surface area contributed by atoms with Gasteiger partial charge in [0.05, 0.1) is 0 Å². The van der Waals surface area contributed by atoms with Crippen LogP contribution >= 0.6 is 0 Å². The van der Waals surface area contributed by atoms with Crippen LogP contribution in [0.4, 0.5) is 10.2 Å². The first-order valence-corrected chi connectivity index (χ1v) is 9.69. The lowest BCUT2D eigenvalue weighted by atomic mass is 9.93. The molecule has 31 heavy (non-hydrogen) atoms. The standard InChI is InChI=1S/C17H14FN5O7S/c18-8-3-1-7(2-4-8)12(25)17(13(26)10(24)11(30-17)16(27)31(28)29)23-6-22-9-14(19)20-5-21-15(9)23/h1-6,10-11,13,24,26-27H,(H2,19,20,21)/t10-,11+,13-,17-/m1/s1. The van der Waals surface area contributed by atoms with E-state index in [0.29, 0.717) is 0 Å². The Bertz CT molecular complexity index is 1320. The second-order valence-electron chi connectivity index (χ2n) is 6.62. The molecule has 1 saturated heterocycles. The van der Waals surface area contributed by atoms with Crippen molar-refractivity contribution in [3.63, 3.8) is 0 Å². The smallest absolute Gasteiger partial charge is 0.243 e. The highest BCUT2D eigenvalue weighted by atomic mass is 32.2. The number of aromatic nitrogens is 4. The number of nitrogens with two attached hydrogens (primary N) is 1. The highest BCUT2D eigenvalue weighted by molar-refractivity contribution is 7.72. The van der Waals surface area contributed by atoms with Crippen LogP contribution in [0.5, 0.6) is 0 Å². The van der Waals surface area contributed by atoms with Gasteiger partial charge in [0.1, 0.15) is 36.2 Å². The molecule has 4 atom stereocenters. The van der Waals surface area contributed by atoms with Crippen molar-refractivity contribution in [1.82, 2.24) is 19.5 Å². The van der Waals surface area contributed by atoms with Gasteiger partial charge in [-0.1, -0.05) is 0 Å². The molecule has 5 N–H and O–H groups in total. The van der Waals surface area contributed by atoms with Gasteiger partial charge in [-0.2, -0.15) is 8.42 Å². The molecule has 4 rings (SSSR count). The number of nitrogens with zero attached hydrogens (tertiary/aromatic N) is 4. The second kappa shape index (κ2) is 7.44. The minimum atomic E-state index is -3.21. The predicted octanol–water partition coefficient (Wildman–Crippen LogP) is -1.23. The third kappa shape index (κ3) is 3.08. The molecule has 3 aromatic rings. The maximum Gasteiger partial charge on any atom is 0.243 e. The average Bonchev–Trinajstić information content (AvgIpc) is 3.29. The monoisotopic (exact) mass is 451 g/mol. The quantitative estimate of drug-likeness (QED) is 0.274. The lowest BCUT2D eigenvalue weighted by molar-refractivity contribution is -0.0969. The van der Waals surface area contributed by atoms with E-state index in [1.165, 1.54) is 0 Å². The molecule has 0 unspecified atom stereocenters. The molecule has 1 aromatic carbocycles. The molecule has 2 aromatic heterocycles. The van der Waals surface area contributed by atoms with Crippen molar-refractivity contribution in [1.29, 1.82) is 0 Å². The van der Waals surface area contributed by atoms with Gasteiger partial charge in [-0.15, -0.1) is 0 Å². The number of imidazole rings is 1. The molecule has 0 spiro atoms. The van der Waals surface area contributed by atoms with Crippen molar-refractivity contribution in [2.45, 2.75) is 24.0 Å². The van der Waals surface area contributed by atoms with Crippen LogP contribution in [0.1, 0.15) is 10.4 Å². The van der Waals surface area contributed by atoms with Gasteiger partial charge >= 0.3 is 0 Å². The molecule has 1 aliphatic heterocycles. The Balaban J connectivity index is 2.00. The Hall–Kier alpha value is -3.30. The Morgan fingerprint density at radius 3 is 2.52 bits per heavy atom. The van der Waals surface area contributed by atoms with E-state index in [4.69, 9.17) is 10.5 Å². The number of benzene rings is 1. The van der Waals surface area contributed by atoms with Gasteiger partial charge in [0, 0.05) is 5.56 Å². The van der Waals surface area contributed by atoms with Crippen LogP contribution in [0.15, 0.2) is 36.9 Å². The maximum atomic E-state index is 13.5. The molecule has 14 heteroatoms. The van der Waals surface area contributed by atoms with Crippen molar-refractivity contribution in [3.8, 4) is 0 Å². The molecule has 1 fully saturated rings. The summed E-state index contributed by atoms with van der Waals surface area (Å²) in [6.45, 7) is 0. The summed E-state index contributed by atoms with van der Waals surface area (Å²) in [7, 11) is -3.21. The number of aliphatic hydroxyl groups excluding tert-OH is 3. The molecule has 0 radical (unpaired) electrons. The van der Waals surface area contributed by atoms with Crippen LogP contribution < -0.4 is 5.73 Å². The number of anilines is 1. The fourth-order valence-corrected chi connectivity index (χ4v) is 3.80. The number of ketones is 1. The Labute approximate surface area is 173 Å². The lowest BCUT2D eigenvalue weighted by Crippen LogP contribution is -2.51. The lowest BCUT2D eigenvalue weighted by Gasteiger charge is -2.32. The Kier molecular flexibility index (Phi) is 5.03. The van der Waals surface area contributed by atoms with Crippen LogP contribution in [0, 0.1) is 5.82 Å². The van der Waals surface area contributed by atoms with Crippen molar-refractivity contribution < 1.29 is 37.7 Å². The first-order valence-electron chi connectivity index (χ1n) is 8.62. The van der Waals surface area contributed by atoms with Gasteiger partial charge < -0.3 is 25.8 Å². The average molecular weight is 451 g/mol. The van der Waals surface area contributed by atoms with E-state index in [2.05, 4.69) is 15.0 Å². The number of aliphatic hydroxyl groups is 3. The fourth-order valence-electron chi connectivity index (χ4n) is 3.42. The number of hydrogen-bond donors (Lipinski definition) is 4. The summed E-state index contributed by atoms with van der Waals surface area (Å²) < 4.78 is 42.3. The Morgan fingerprint density at radius 2 is 1.87 bits per heavy atom. The third-order valence-electron chi connectivity index (χ3n) is 4.91. The first kappa shape index (κ1) is 21.0. The molecular weight excluding hydrogens is 437 g/mol. The van der Waals surface area contributed by atoms with E-state index >= 15 is 0 Å². The molecule has 12 nitrogen and oxygen atoms in total. The van der Waals surface area contributed by atoms with Gasteiger partial charge in [-0.05, 0) is 24.3 Å². The maximum absolute atomic E-state index is 13.5. The van der Waals surface area contributed by atoms with E-state index in [-0.39, 0.29) is 22.5 Å². The summed E-state index contributed by atoms with van der Waals surface area (Å²) >= 11 is 0. The van der Waals surface area contributed by atoms with E-state index < -0.39 is 51.0 Å². The van der Waals surface area contributed by atoms with Crippen molar-refractivity contribution in [2.75, 3.05) is 5.73 Å². The summed E-state index contributed by atoms with van der Waals surface area (Å²) in [4.78, 5) is 25.3. The van der Waals surface area contributed by atoms with Crippen LogP contribution in [-0.2, 0) is 20.8 Å². The first-order chi connectivity index (χ1) is 14.7. The van der Waals surface area contributed by atoms with Crippen LogP contribution in [0.25, 0.3) is 11.2 Å². The largest absolute Gasteiger partial charge is 0.387 e. The van der Waals surface area contributed by atoms with Gasteiger partial charge in [-0.25, -0.2) is 19.3 Å². The molecule has 0 bridgehead atoms. The topological polar surface area (TPSA) is 191 Å². The van der Waals surface area contributed by atoms with Crippen LogP contribution in [-0.4, -0.2) is 72.4 Å². The SMILES string of the molecule is Nc1ncnc2c1ncn2[C@]1(C(=O)c2ccc(F)cc2)O[C@H](C(O)=S(=O)=O)[C@@H](O)[C@H]1O. The van der Waals surface area contributed by atoms with Gasteiger partial charge in [0.2, 0.25) is 26.9 Å².